The summed E-state index contributed by atoms with van der Waals surface area (Å²) in [6.07, 6.45) is 0. The predicted octanol–water partition coefficient (Wildman–Crippen LogP) is 12.5. The van der Waals surface area contributed by atoms with Gasteiger partial charge >= 0.3 is 0 Å². The van der Waals surface area contributed by atoms with Gasteiger partial charge in [-0.15, -0.1) is 0 Å². The van der Waals surface area contributed by atoms with Crippen molar-refractivity contribution in [3.8, 4) is 44.5 Å². The molecule has 0 nitrogen and oxygen atoms in total. The molecule has 0 saturated carbocycles. The number of benzene rings is 8. The van der Waals surface area contributed by atoms with Gasteiger partial charge in [0.1, 0.15) is 0 Å². The third kappa shape index (κ3) is 3.92. The predicted molar refractivity (Wildman–Crippen MR) is 193 cm³/mol. The lowest BCUT2D eigenvalue weighted by molar-refractivity contribution is 0.660. The lowest BCUT2D eigenvalue weighted by Gasteiger charge is -2.23. The average molecular weight is 573 g/mol. The van der Waals surface area contributed by atoms with Crippen LogP contribution >= 0.6 is 0 Å². The van der Waals surface area contributed by atoms with Crippen molar-refractivity contribution in [2.75, 3.05) is 0 Å². The zero-order chi connectivity index (χ0) is 30.1. The first kappa shape index (κ1) is 26.0. The molecule has 0 radical (unpaired) electrons. The van der Waals surface area contributed by atoms with Gasteiger partial charge in [0.2, 0.25) is 0 Å². The van der Waals surface area contributed by atoms with Crippen molar-refractivity contribution in [2.24, 2.45) is 0 Å². The van der Waals surface area contributed by atoms with Gasteiger partial charge in [0.15, 0.2) is 0 Å². The molecule has 0 saturated heterocycles. The van der Waals surface area contributed by atoms with Crippen molar-refractivity contribution >= 4 is 32.3 Å². The largest absolute Gasteiger partial charge is 0.0622 e. The molecular formula is C45H32. The molecule has 0 heteroatoms. The molecule has 0 spiro atoms. The number of hydrogen-bond donors (Lipinski definition) is 0. The van der Waals surface area contributed by atoms with Gasteiger partial charge in [-0.25, -0.2) is 0 Å². The lowest BCUT2D eigenvalue weighted by Crippen LogP contribution is -2.14. The van der Waals surface area contributed by atoms with E-state index in [1.807, 2.05) is 0 Å². The van der Waals surface area contributed by atoms with Crippen LogP contribution in [-0.4, -0.2) is 0 Å². The first-order chi connectivity index (χ1) is 22.1. The number of fused-ring (bicyclic) bond motifs is 6. The van der Waals surface area contributed by atoms with Gasteiger partial charge < -0.3 is 0 Å². The maximum atomic E-state index is 2.47. The summed E-state index contributed by atoms with van der Waals surface area (Å²) in [6.45, 7) is 4.74. The molecule has 0 bridgehead atoms. The molecule has 0 aromatic heterocycles. The van der Waals surface area contributed by atoms with E-state index in [9.17, 15) is 0 Å². The van der Waals surface area contributed by atoms with Crippen molar-refractivity contribution in [3.63, 3.8) is 0 Å². The van der Waals surface area contributed by atoms with E-state index in [0.717, 1.165) is 0 Å². The fourth-order valence-corrected chi connectivity index (χ4v) is 7.82. The van der Waals surface area contributed by atoms with Crippen LogP contribution < -0.4 is 0 Å². The Hall–Kier alpha value is -5.46. The zero-order valence-corrected chi connectivity index (χ0v) is 25.5. The molecule has 1 aliphatic carbocycles. The van der Waals surface area contributed by atoms with Gasteiger partial charge in [-0.1, -0.05) is 153 Å². The van der Waals surface area contributed by atoms with Crippen LogP contribution in [0.25, 0.3) is 76.8 Å². The van der Waals surface area contributed by atoms with E-state index in [1.165, 1.54) is 88.0 Å². The second-order valence-corrected chi connectivity index (χ2v) is 12.9. The Labute approximate surface area is 264 Å². The molecule has 9 rings (SSSR count). The van der Waals surface area contributed by atoms with Gasteiger partial charge in [-0.2, -0.15) is 0 Å². The molecule has 8 aromatic carbocycles. The van der Waals surface area contributed by atoms with Gasteiger partial charge in [0.25, 0.3) is 0 Å². The molecule has 212 valence electrons. The smallest absolute Gasteiger partial charge is 0.0159 e. The monoisotopic (exact) mass is 572 g/mol. The third-order valence-electron chi connectivity index (χ3n) is 10.0. The quantitative estimate of drug-likeness (QED) is 0.185. The van der Waals surface area contributed by atoms with Crippen LogP contribution in [0.4, 0.5) is 0 Å². The summed E-state index contributed by atoms with van der Waals surface area (Å²) < 4.78 is 0. The summed E-state index contributed by atoms with van der Waals surface area (Å²) in [5.74, 6) is 0. The van der Waals surface area contributed by atoms with Crippen LogP contribution in [0.3, 0.4) is 0 Å². The summed E-state index contributed by atoms with van der Waals surface area (Å²) in [6, 6.07) is 58.5. The third-order valence-corrected chi connectivity index (χ3v) is 10.0. The maximum absolute atomic E-state index is 2.47. The molecule has 8 aromatic rings. The van der Waals surface area contributed by atoms with E-state index < -0.39 is 0 Å². The molecule has 1 aliphatic rings. The topological polar surface area (TPSA) is 0 Å². The molecule has 0 aliphatic heterocycles. The lowest BCUT2D eigenvalue weighted by atomic mass is 9.80. The van der Waals surface area contributed by atoms with Gasteiger partial charge in [0, 0.05) is 5.41 Å². The van der Waals surface area contributed by atoms with Crippen molar-refractivity contribution in [1.82, 2.24) is 0 Å². The van der Waals surface area contributed by atoms with Gasteiger partial charge in [-0.3, -0.25) is 0 Å². The minimum absolute atomic E-state index is 0.0617. The van der Waals surface area contributed by atoms with Crippen molar-refractivity contribution in [1.29, 1.82) is 0 Å². The molecule has 0 heterocycles. The van der Waals surface area contributed by atoms with Crippen molar-refractivity contribution in [2.45, 2.75) is 19.3 Å². The Morgan fingerprint density at radius 3 is 1.73 bits per heavy atom. The second-order valence-electron chi connectivity index (χ2n) is 12.9. The fourth-order valence-electron chi connectivity index (χ4n) is 7.82. The van der Waals surface area contributed by atoms with E-state index in [4.69, 9.17) is 0 Å². The SMILES string of the molecule is CC1(C)c2ccccc2-c2ccc(-c3c4ccccc4c(-c4ccc5ccccc5c4)c4ccc(-c5ccccc5)cc34)cc21. The molecular weight excluding hydrogens is 540 g/mol. The Morgan fingerprint density at radius 1 is 0.333 bits per heavy atom. The summed E-state index contributed by atoms with van der Waals surface area (Å²) in [7, 11) is 0. The maximum Gasteiger partial charge on any atom is 0.0159 e. The van der Waals surface area contributed by atoms with Crippen LogP contribution in [0.1, 0.15) is 25.0 Å². The molecule has 0 atom stereocenters. The van der Waals surface area contributed by atoms with E-state index in [-0.39, 0.29) is 5.41 Å². The number of hydrogen-bond acceptors (Lipinski definition) is 0. The summed E-state index contributed by atoms with van der Waals surface area (Å²) in [5, 5.41) is 7.66. The minimum Gasteiger partial charge on any atom is -0.0622 e. The van der Waals surface area contributed by atoms with Crippen LogP contribution in [0.15, 0.2) is 158 Å². The molecule has 0 N–H and O–H groups in total. The molecule has 0 fully saturated rings. The van der Waals surface area contributed by atoms with Crippen LogP contribution in [0, 0.1) is 0 Å². The Morgan fingerprint density at radius 2 is 0.911 bits per heavy atom. The van der Waals surface area contributed by atoms with Gasteiger partial charge in [0.05, 0.1) is 0 Å². The van der Waals surface area contributed by atoms with Crippen LogP contribution in [0.5, 0.6) is 0 Å². The van der Waals surface area contributed by atoms with E-state index >= 15 is 0 Å². The Bertz CT molecular complexity index is 2440. The molecule has 0 unspecified atom stereocenters. The van der Waals surface area contributed by atoms with Crippen molar-refractivity contribution in [3.05, 3.63) is 169 Å². The number of rotatable bonds is 3. The normalized spacial score (nSPS) is 13.3. The van der Waals surface area contributed by atoms with Crippen LogP contribution in [0.2, 0.25) is 0 Å². The summed E-state index contributed by atoms with van der Waals surface area (Å²) in [4.78, 5) is 0. The highest BCUT2D eigenvalue weighted by atomic mass is 14.4. The summed E-state index contributed by atoms with van der Waals surface area (Å²) >= 11 is 0. The first-order valence-electron chi connectivity index (χ1n) is 15.9. The van der Waals surface area contributed by atoms with Crippen molar-refractivity contribution < 1.29 is 0 Å². The highest BCUT2D eigenvalue weighted by molar-refractivity contribution is 6.22. The summed E-state index contributed by atoms with van der Waals surface area (Å²) in [5.41, 5.74) is 13.0. The van der Waals surface area contributed by atoms with E-state index in [0.29, 0.717) is 0 Å². The van der Waals surface area contributed by atoms with Gasteiger partial charge in [-0.05, 0) is 106 Å². The Kier molecular flexibility index (Phi) is 5.64. The van der Waals surface area contributed by atoms with E-state index in [1.54, 1.807) is 0 Å². The highest BCUT2D eigenvalue weighted by Crippen LogP contribution is 2.51. The highest BCUT2D eigenvalue weighted by Gasteiger charge is 2.35. The molecule has 45 heavy (non-hydrogen) atoms. The first-order valence-corrected chi connectivity index (χ1v) is 15.9. The van der Waals surface area contributed by atoms with E-state index in [2.05, 4.69) is 172 Å². The Balaban J connectivity index is 1.38. The second kappa shape index (κ2) is 9.78. The average Bonchev–Trinajstić information content (AvgIpc) is 3.32. The molecule has 0 amide bonds. The zero-order valence-electron chi connectivity index (χ0n) is 25.5. The van der Waals surface area contributed by atoms with Crippen LogP contribution in [-0.2, 0) is 5.41 Å². The fraction of sp³-hybridized carbons (Fsp3) is 0.0667. The standard InChI is InChI=1S/C45H32/c1-45(2)41-19-11-10-16-35(41)36-24-23-34(28-42(36)45)44-38-18-9-8-17-37(38)43(33-21-20-30-14-6-7-15-31(30)26-33)39-25-22-32(27-40(39)44)29-12-4-3-5-13-29/h3-28H,1-2H3. The minimum atomic E-state index is -0.0617.